The number of ether oxygens (including phenoxy) is 1. The van der Waals surface area contributed by atoms with Crippen LogP contribution in [-0.2, 0) is 4.74 Å². The van der Waals surface area contributed by atoms with Crippen LogP contribution < -0.4 is 0 Å². The first-order valence-electron chi connectivity index (χ1n) is 4.69. The van der Waals surface area contributed by atoms with E-state index in [1.165, 1.54) is 12.8 Å². The fourth-order valence-electron chi connectivity index (χ4n) is 1.75. The Balaban J connectivity index is 2.35. The van der Waals surface area contributed by atoms with E-state index in [2.05, 4.69) is 19.8 Å². The quantitative estimate of drug-likeness (QED) is 0.573. The van der Waals surface area contributed by atoms with Crippen molar-refractivity contribution in [3.8, 4) is 12.3 Å². The number of rotatable bonds is 2. The highest BCUT2D eigenvalue weighted by Crippen LogP contribution is 2.28. The summed E-state index contributed by atoms with van der Waals surface area (Å²) in [4.78, 5) is 0. The molecule has 1 atom stereocenters. The van der Waals surface area contributed by atoms with Crippen molar-refractivity contribution in [1.82, 2.24) is 0 Å². The van der Waals surface area contributed by atoms with E-state index >= 15 is 0 Å². The monoisotopic (exact) mass is 166 g/mol. The summed E-state index contributed by atoms with van der Waals surface area (Å²) < 4.78 is 5.40. The second-order valence-electron chi connectivity index (χ2n) is 4.32. The molecule has 1 saturated heterocycles. The molecule has 1 heterocycles. The highest BCUT2D eigenvalue weighted by molar-refractivity contribution is 5.01. The molecule has 0 aliphatic carbocycles. The van der Waals surface area contributed by atoms with Gasteiger partial charge in [-0.15, -0.1) is 12.3 Å². The van der Waals surface area contributed by atoms with Crippen LogP contribution in [0.25, 0.3) is 0 Å². The molecule has 0 aromatic rings. The Bertz CT molecular complexity index is 170. The molecule has 12 heavy (non-hydrogen) atoms. The second-order valence-corrected chi connectivity index (χ2v) is 4.32. The molecule has 1 rings (SSSR count). The Morgan fingerprint density at radius 2 is 2.33 bits per heavy atom. The largest absolute Gasteiger partial charge is 0.381 e. The molecule has 0 spiro atoms. The summed E-state index contributed by atoms with van der Waals surface area (Å²) in [6.45, 7) is 6.10. The maximum absolute atomic E-state index is 5.43. The Labute approximate surface area is 75.5 Å². The molecule has 0 radical (unpaired) electrons. The summed E-state index contributed by atoms with van der Waals surface area (Å²) in [6.07, 6.45) is 9.02. The normalized spacial score (nSPS) is 24.9. The van der Waals surface area contributed by atoms with Crippen molar-refractivity contribution in [2.45, 2.75) is 33.1 Å². The lowest BCUT2D eigenvalue weighted by molar-refractivity contribution is 0.0424. The van der Waals surface area contributed by atoms with Crippen molar-refractivity contribution in [3.05, 3.63) is 0 Å². The highest BCUT2D eigenvalue weighted by Gasteiger charge is 2.22. The minimum atomic E-state index is 0.0470. The maximum atomic E-state index is 5.43. The summed E-state index contributed by atoms with van der Waals surface area (Å²) in [5, 5.41) is 0. The zero-order valence-corrected chi connectivity index (χ0v) is 8.10. The van der Waals surface area contributed by atoms with Crippen molar-refractivity contribution >= 4 is 0 Å². The number of hydrogen-bond donors (Lipinski definition) is 0. The van der Waals surface area contributed by atoms with Gasteiger partial charge in [0, 0.05) is 18.6 Å². The summed E-state index contributed by atoms with van der Waals surface area (Å²) in [7, 11) is 0. The summed E-state index contributed by atoms with van der Waals surface area (Å²) in [6, 6.07) is 0. The van der Waals surface area contributed by atoms with Gasteiger partial charge in [0.1, 0.15) is 0 Å². The number of hydrogen-bond acceptors (Lipinski definition) is 1. The zero-order chi connectivity index (χ0) is 9.03. The average molecular weight is 166 g/mol. The summed E-state index contributed by atoms with van der Waals surface area (Å²) in [5.74, 6) is 3.52. The Morgan fingerprint density at radius 3 is 2.83 bits per heavy atom. The van der Waals surface area contributed by atoms with E-state index in [0.29, 0.717) is 5.92 Å². The van der Waals surface area contributed by atoms with E-state index in [1.807, 2.05) is 0 Å². The van der Waals surface area contributed by atoms with Crippen LogP contribution in [0.3, 0.4) is 0 Å². The van der Waals surface area contributed by atoms with Crippen molar-refractivity contribution in [1.29, 1.82) is 0 Å². The van der Waals surface area contributed by atoms with E-state index in [-0.39, 0.29) is 5.41 Å². The molecule has 1 heteroatoms. The van der Waals surface area contributed by atoms with Gasteiger partial charge in [0.2, 0.25) is 0 Å². The molecule has 68 valence electrons. The summed E-state index contributed by atoms with van der Waals surface area (Å²) in [5.41, 5.74) is 0.0470. The van der Waals surface area contributed by atoms with E-state index in [1.54, 1.807) is 0 Å². The van der Waals surface area contributed by atoms with Crippen LogP contribution in [-0.4, -0.2) is 13.2 Å². The van der Waals surface area contributed by atoms with Crippen LogP contribution in [0.15, 0.2) is 0 Å². The molecule has 0 unspecified atom stereocenters. The standard InChI is InChI=1S/C11H18O/c1-4-11(2,3)8-10-6-5-7-12-9-10/h1,10H,5-9H2,2-3H3/t10-/m0/s1. The van der Waals surface area contributed by atoms with Gasteiger partial charge in [-0.3, -0.25) is 0 Å². The molecule has 1 fully saturated rings. The van der Waals surface area contributed by atoms with E-state index in [9.17, 15) is 0 Å². The van der Waals surface area contributed by atoms with Gasteiger partial charge in [-0.05, 0) is 39.0 Å². The Hall–Kier alpha value is -0.480. The molecule has 0 saturated carbocycles. The van der Waals surface area contributed by atoms with Crippen LogP contribution >= 0.6 is 0 Å². The first-order valence-corrected chi connectivity index (χ1v) is 4.69. The van der Waals surface area contributed by atoms with Crippen LogP contribution in [0.4, 0.5) is 0 Å². The molecule has 1 aliphatic rings. The van der Waals surface area contributed by atoms with E-state index < -0.39 is 0 Å². The number of terminal acetylenes is 1. The van der Waals surface area contributed by atoms with Crippen molar-refractivity contribution in [2.75, 3.05) is 13.2 Å². The molecule has 1 nitrogen and oxygen atoms in total. The first-order chi connectivity index (χ1) is 5.64. The third-order valence-corrected chi connectivity index (χ3v) is 2.44. The third kappa shape index (κ3) is 2.87. The molecule has 1 aliphatic heterocycles. The molecular formula is C11H18O. The fraction of sp³-hybridized carbons (Fsp3) is 0.818. The maximum Gasteiger partial charge on any atom is 0.0494 e. The van der Waals surface area contributed by atoms with Crippen LogP contribution in [0.5, 0.6) is 0 Å². The minimum Gasteiger partial charge on any atom is -0.381 e. The van der Waals surface area contributed by atoms with Crippen LogP contribution in [0.1, 0.15) is 33.1 Å². The topological polar surface area (TPSA) is 9.23 Å². The van der Waals surface area contributed by atoms with Gasteiger partial charge in [-0.25, -0.2) is 0 Å². The van der Waals surface area contributed by atoms with Gasteiger partial charge in [0.05, 0.1) is 0 Å². The predicted molar refractivity (Wildman–Crippen MR) is 50.8 cm³/mol. The van der Waals surface area contributed by atoms with Crippen molar-refractivity contribution in [2.24, 2.45) is 11.3 Å². The van der Waals surface area contributed by atoms with Gasteiger partial charge < -0.3 is 4.74 Å². The first kappa shape index (κ1) is 9.61. The molecular weight excluding hydrogens is 148 g/mol. The van der Waals surface area contributed by atoms with Gasteiger partial charge in [0.25, 0.3) is 0 Å². The molecule has 0 amide bonds. The predicted octanol–water partition coefficient (Wildman–Crippen LogP) is 2.46. The second kappa shape index (κ2) is 3.96. The average Bonchev–Trinajstić information content (AvgIpc) is 2.06. The van der Waals surface area contributed by atoms with Crippen molar-refractivity contribution < 1.29 is 4.74 Å². The Kier molecular flexibility index (Phi) is 3.17. The fourth-order valence-corrected chi connectivity index (χ4v) is 1.75. The van der Waals surface area contributed by atoms with Crippen LogP contribution in [0, 0.1) is 23.7 Å². The van der Waals surface area contributed by atoms with Crippen LogP contribution in [0.2, 0.25) is 0 Å². The summed E-state index contributed by atoms with van der Waals surface area (Å²) >= 11 is 0. The van der Waals surface area contributed by atoms with Gasteiger partial charge in [-0.1, -0.05) is 0 Å². The van der Waals surface area contributed by atoms with Gasteiger partial charge in [-0.2, -0.15) is 0 Å². The highest BCUT2D eigenvalue weighted by atomic mass is 16.5. The SMILES string of the molecule is C#CC(C)(C)C[C@@H]1CCCOC1. The minimum absolute atomic E-state index is 0.0470. The lowest BCUT2D eigenvalue weighted by Gasteiger charge is -2.28. The zero-order valence-electron chi connectivity index (χ0n) is 8.10. The lowest BCUT2D eigenvalue weighted by atomic mass is 9.81. The smallest absolute Gasteiger partial charge is 0.0494 e. The van der Waals surface area contributed by atoms with E-state index in [0.717, 1.165) is 19.6 Å². The molecule has 0 bridgehead atoms. The third-order valence-electron chi connectivity index (χ3n) is 2.44. The van der Waals surface area contributed by atoms with Gasteiger partial charge in [0.15, 0.2) is 0 Å². The molecule has 0 aromatic heterocycles. The lowest BCUT2D eigenvalue weighted by Crippen LogP contribution is -2.23. The Morgan fingerprint density at radius 1 is 1.58 bits per heavy atom. The van der Waals surface area contributed by atoms with Gasteiger partial charge >= 0.3 is 0 Å². The molecule has 0 aromatic carbocycles. The van der Waals surface area contributed by atoms with E-state index in [4.69, 9.17) is 11.2 Å². The molecule has 0 N–H and O–H groups in total. The van der Waals surface area contributed by atoms with Crippen molar-refractivity contribution in [3.63, 3.8) is 0 Å².